The molecule has 4 rings (SSSR count). The fraction of sp³-hybridized carbons (Fsp3) is 0.360. The van der Waals surface area contributed by atoms with Gasteiger partial charge in [-0.25, -0.2) is 19.6 Å². The molecule has 1 aliphatic heterocycles. The molecule has 0 atom stereocenters. The maximum atomic E-state index is 12.6. The van der Waals surface area contributed by atoms with Gasteiger partial charge in [0.05, 0.1) is 37.8 Å². The van der Waals surface area contributed by atoms with Gasteiger partial charge in [-0.05, 0) is 24.3 Å². The van der Waals surface area contributed by atoms with Crippen LogP contribution in [0.2, 0.25) is 0 Å². The number of esters is 1. The van der Waals surface area contributed by atoms with Gasteiger partial charge in [-0.1, -0.05) is 32.1 Å². The number of nitrogens with zero attached hydrogens (tertiary/aromatic N) is 3. The Kier molecular flexibility index (Phi) is 7.70. The molecule has 0 bridgehead atoms. The third-order valence-corrected chi connectivity index (χ3v) is 6.29. The molecule has 1 saturated heterocycles. The Hall–Kier alpha value is -3.70. The van der Waals surface area contributed by atoms with Crippen LogP contribution in [0.4, 0.5) is 21.3 Å². The number of amides is 2. The highest BCUT2D eigenvalue weighted by molar-refractivity contribution is 7.16. The molecule has 10 nitrogen and oxygen atoms in total. The van der Waals surface area contributed by atoms with E-state index >= 15 is 0 Å². The summed E-state index contributed by atoms with van der Waals surface area (Å²) < 4.78 is 16.1. The number of anilines is 3. The number of hydrogen-bond donors (Lipinski definition) is 2. The second kappa shape index (κ2) is 10.9. The fourth-order valence-electron chi connectivity index (χ4n) is 3.51. The molecule has 36 heavy (non-hydrogen) atoms. The number of urea groups is 1. The average molecular weight is 512 g/mol. The summed E-state index contributed by atoms with van der Waals surface area (Å²) >= 11 is 1.30. The molecule has 0 spiro atoms. The van der Waals surface area contributed by atoms with Crippen molar-refractivity contribution in [3.63, 3.8) is 0 Å². The van der Waals surface area contributed by atoms with Crippen LogP contribution in [-0.2, 0) is 14.9 Å². The normalized spacial score (nSPS) is 14.2. The molecule has 0 unspecified atom stereocenters. The lowest BCUT2D eigenvalue weighted by atomic mass is 9.94. The molecule has 3 aromatic rings. The highest BCUT2D eigenvalue weighted by Gasteiger charge is 2.21. The predicted octanol–water partition coefficient (Wildman–Crippen LogP) is 4.87. The number of oxazole rings is 1. The van der Waals surface area contributed by atoms with Crippen LogP contribution >= 0.6 is 11.3 Å². The highest BCUT2D eigenvalue weighted by Crippen LogP contribution is 2.27. The number of rotatable bonds is 6. The number of carbonyl (C=O) groups is 2. The van der Waals surface area contributed by atoms with E-state index in [4.69, 9.17) is 13.9 Å². The number of morpholine rings is 1. The molecule has 0 aliphatic carbocycles. The van der Waals surface area contributed by atoms with Gasteiger partial charge in [-0.3, -0.25) is 5.32 Å². The Bertz CT molecular complexity index is 1250. The summed E-state index contributed by atoms with van der Waals surface area (Å²) in [6, 6.07) is 4.67. The first-order valence-electron chi connectivity index (χ1n) is 11.5. The van der Waals surface area contributed by atoms with Gasteiger partial charge in [-0.2, -0.15) is 0 Å². The van der Waals surface area contributed by atoms with E-state index in [9.17, 15) is 9.59 Å². The molecule has 3 heterocycles. The smallest absolute Gasteiger partial charge is 0.340 e. The van der Waals surface area contributed by atoms with Crippen LogP contribution in [0.15, 0.2) is 35.0 Å². The Morgan fingerprint density at radius 2 is 1.89 bits per heavy atom. The zero-order valence-electron chi connectivity index (χ0n) is 20.7. The molecule has 2 N–H and O–H groups in total. The molecule has 2 aromatic heterocycles. The number of carbonyl (C=O) groups excluding carboxylic acids is 2. The van der Waals surface area contributed by atoms with E-state index in [-0.39, 0.29) is 5.41 Å². The molecule has 1 fully saturated rings. The van der Waals surface area contributed by atoms with E-state index in [1.807, 2.05) is 6.08 Å². The molecule has 0 radical (unpaired) electrons. The number of benzene rings is 1. The molecule has 1 aliphatic rings. The molecular weight excluding hydrogens is 482 g/mol. The SMILES string of the molecule is COC(=O)c1cc(NC(=O)Nc2ncc(C=Cc3ncc(C(C)(C)C)o3)s2)ccc1N1CCOCC1. The van der Waals surface area contributed by atoms with Crippen molar-refractivity contribution < 1.29 is 23.5 Å². The first-order valence-corrected chi connectivity index (χ1v) is 12.3. The van der Waals surface area contributed by atoms with E-state index in [2.05, 4.69) is 46.3 Å². The van der Waals surface area contributed by atoms with Crippen LogP contribution < -0.4 is 15.5 Å². The van der Waals surface area contributed by atoms with Gasteiger partial charge in [-0.15, -0.1) is 0 Å². The second-order valence-electron chi connectivity index (χ2n) is 9.12. The minimum Gasteiger partial charge on any atom is -0.465 e. The highest BCUT2D eigenvalue weighted by atomic mass is 32.1. The lowest BCUT2D eigenvalue weighted by Crippen LogP contribution is -2.37. The number of hydrogen-bond acceptors (Lipinski definition) is 9. The third kappa shape index (κ3) is 6.29. The summed E-state index contributed by atoms with van der Waals surface area (Å²) in [5, 5.41) is 5.89. The van der Waals surface area contributed by atoms with Crippen molar-refractivity contribution in [2.24, 2.45) is 0 Å². The molecule has 190 valence electrons. The van der Waals surface area contributed by atoms with Crippen molar-refractivity contribution in [2.75, 3.05) is 48.9 Å². The third-order valence-electron chi connectivity index (χ3n) is 5.41. The summed E-state index contributed by atoms with van der Waals surface area (Å²) in [4.78, 5) is 36.3. The van der Waals surface area contributed by atoms with Crippen molar-refractivity contribution >= 4 is 52.0 Å². The number of nitrogens with one attached hydrogen (secondary N) is 2. The Labute approximate surface area is 213 Å². The number of methoxy groups -OCH3 is 1. The van der Waals surface area contributed by atoms with E-state index in [1.165, 1.54) is 18.4 Å². The lowest BCUT2D eigenvalue weighted by molar-refractivity contribution is 0.0600. The average Bonchev–Trinajstić information content (AvgIpc) is 3.52. The Morgan fingerprint density at radius 3 is 2.58 bits per heavy atom. The number of ether oxygens (including phenoxy) is 2. The van der Waals surface area contributed by atoms with Crippen molar-refractivity contribution in [1.82, 2.24) is 9.97 Å². The number of aromatic nitrogens is 2. The fourth-order valence-corrected chi connectivity index (χ4v) is 4.23. The Balaban J connectivity index is 1.39. The maximum Gasteiger partial charge on any atom is 0.340 e. The molecular formula is C25H29N5O5S. The first kappa shape index (κ1) is 25.4. The van der Waals surface area contributed by atoms with Gasteiger partial charge in [0.1, 0.15) is 5.76 Å². The zero-order chi connectivity index (χ0) is 25.7. The number of thiazole rings is 1. The van der Waals surface area contributed by atoms with Gasteiger partial charge in [0.15, 0.2) is 5.13 Å². The van der Waals surface area contributed by atoms with Gasteiger partial charge < -0.3 is 24.1 Å². The molecule has 2 amide bonds. The van der Waals surface area contributed by atoms with Crippen molar-refractivity contribution in [1.29, 1.82) is 0 Å². The van der Waals surface area contributed by atoms with Crippen LogP contribution in [0, 0.1) is 0 Å². The standard InChI is InChI=1S/C25H29N5O5S/c1-25(2,3)20-15-26-21(35-20)8-6-17-14-27-24(36-17)29-23(32)28-16-5-7-19(18(13-16)22(31)33-4)30-9-11-34-12-10-30/h5-8,13-15H,9-12H2,1-4H3,(H2,27,28,29,32). The molecule has 0 saturated carbocycles. The van der Waals surface area contributed by atoms with E-state index < -0.39 is 12.0 Å². The quantitative estimate of drug-likeness (QED) is 0.450. The summed E-state index contributed by atoms with van der Waals surface area (Å²) in [6.07, 6.45) is 6.96. The maximum absolute atomic E-state index is 12.6. The van der Waals surface area contributed by atoms with E-state index in [0.29, 0.717) is 48.6 Å². The first-order chi connectivity index (χ1) is 17.2. The largest absolute Gasteiger partial charge is 0.465 e. The minimum absolute atomic E-state index is 0.117. The zero-order valence-corrected chi connectivity index (χ0v) is 21.5. The molecule has 11 heteroatoms. The summed E-state index contributed by atoms with van der Waals surface area (Å²) in [5.74, 6) is 0.832. The van der Waals surface area contributed by atoms with Crippen LogP contribution in [-0.4, -0.2) is 55.4 Å². The minimum atomic E-state index is -0.475. The monoisotopic (exact) mass is 511 g/mol. The summed E-state index contributed by atoms with van der Waals surface area (Å²) in [7, 11) is 1.33. The predicted molar refractivity (Wildman–Crippen MR) is 140 cm³/mol. The van der Waals surface area contributed by atoms with Crippen LogP contribution in [0.1, 0.15) is 47.7 Å². The lowest BCUT2D eigenvalue weighted by Gasteiger charge is -2.30. The van der Waals surface area contributed by atoms with Crippen molar-refractivity contribution in [3.05, 3.63) is 52.7 Å². The second-order valence-corrected chi connectivity index (χ2v) is 10.2. The van der Waals surface area contributed by atoms with E-state index in [0.717, 1.165) is 16.3 Å². The van der Waals surface area contributed by atoms with Crippen LogP contribution in [0.3, 0.4) is 0 Å². The van der Waals surface area contributed by atoms with Crippen LogP contribution in [0.25, 0.3) is 12.2 Å². The van der Waals surface area contributed by atoms with Gasteiger partial charge in [0.2, 0.25) is 5.89 Å². The van der Waals surface area contributed by atoms with Gasteiger partial charge in [0, 0.05) is 41.3 Å². The topological polar surface area (TPSA) is 119 Å². The molecule has 1 aromatic carbocycles. The van der Waals surface area contributed by atoms with Crippen molar-refractivity contribution in [2.45, 2.75) is 26.2 Å². The summed E-state index contributed by atoms with van der Waals surface area (Å²) in [6.45, 7) is 8.69. The van der Waals surface area contributed by atoms with Gasteiger partial charge >= 0.3 is 12.0 Å². The van der Waals surface area contributed by atoms with Gasteiger partial charge in [0.25, 0.3) is 0 Å². The Morgan fingerprint density at radius 1 is 1.11 bits per heavy atom. The summed E-state index contributed by atoms with van der Waals surface area (Å²) in [5.41, 5.74) is 1.46. The van der Waals surface area contributed by atoms with Crippen LogP contribution in [0.5, 0.6) is 0 Å². The van der Waals surface area contributed by atoms with E-state index in [1.54, 1.807) is 36.7 Å². The van der Waals surface area contributed by atoms with Crippen molar-refractivity contribution in [3.8, 4) is 0 Å².